The maximum Gasteiger partial charge on any atom is 0.246 e. The molecule has 0 aromatic heterocycles. The summed E-state index contributed by atoms with van der Waals surface area (Å²) in [7, 11) is 2.11. The van der Waals surface area contributed by atoms with Crippen LogP contribution in [-0.2, 0) is 9.59 Å². The molecule has 3 aliphatic rings. The van der Waals surface area contributed by atoms with E-state index in [9.17, 15) is 9.59 Å². The lowest BCUT2D eigenvalue weighted by Crippen LogP contribution is -2.37. The molecule has 0 spiro atoms. The number of carbonyl (C=O) groups excluding carboxylic acids is 2. The van der Waals surface area contributed by atoms with E-state index in [1.807, 2.05) is 12.1 Å². The fourth-order valence-corrected chi connectivity index (χ4v) is 4.45. The van der Waals surface area contributed by atoms with Crippen molar-refractivity contribution in [2.24, 2.45) is 0 Å². The Morgan fingerprint density at radius 1 is 1.13 bits per heavy atom. The molecule has 1 saturated heterocycles. The Labute approximate surface area is 187 Å². The summed E-state index contributed by atoms with van der Waals surface area (Å²) in [6.45, 7) is 0. The minimum atomic E-state index is -0.440. The highest BCUT2D eigenvalue weighted by Crippen LogP contribution is 2.44. The minimum Gasteiger partial charge on any atom is -0.344 e. The topological polar surface area (TPSA) is 61.4 Å². The van der Waals surface area contributed by atoms with Gasteiger partial charge in [0.1, 0.15) is 6.04 Å². The fraction of sp³-hybridized carbons (Fsp3) is 0.200. The number of benzene rings is 2. The molecule has 5 rings (SSSR count). The molecule has 2 N–H and O–H groups in total. The SMILES string of the molecule is CN1C2=CC=CCC2=C(c2ccc(NC(=O)[C@@H]3CCC(=O)N3)cc2)c2ccccc21.Cl. The van der Waals surface area contributed by atoms with E-state index < -0.39 is 6.04 Å². The maximum atomic E-state index is 12.4. The first-order chi connectivity index (χ1) is 14.6. The van der Waals surface area contributed by atoms with Crippen LogP contribution >= 0.6 is 12.4 Å². The Hall–Kier alpha value is -3.31. The first kappa shape index (κ1) is 20.9. The number of nitrogens with one attached hydrogen (secondary N) is 2. The molecular formula is C25H24ClN3O2. The molecule has 5 nitrogen and oxygen atoms in total. The van der Waals surface area contributed by atoms with Crippen molar-refractivity contribution in [3.05, 3.63) is 89.2 Å². The molecule has 1 fully saturated rings. The summed E-state index contributed by atoms with van der Waals surface area (Å²) in [5.41, 5.74) is 8.03. The Bertz CT molecular complexity index is 1130. The second kappa shape index (κ2) is 8.44. The Morgan fingerprint density at radius 2 is 1.90 bits per heavy atom. The smallest absolute Gasteiger partial charge is 0.246 e. The lowest BCUT2D eigenvalue weighted by molar-refractivity contribution is -0.122. The van der Waals surface area contributed by atoms with Gasteiger partial charge in [0.05, 0.1) is 0 Å². The van der Waals surface area contributed by atoms with E-state index in [1.54, 1.807) is 0 Å². The zero-order valence-electron chi connectivity index (χ0n) is 17.2. The van der Waals surface area contributed by atoms with Gasteiger partial charge < -0.3 is 15.5 Å². The standard InChI is InChI=1S/C25H23N3O2.ClH/c1-28-21-8-4-2-6-18(21)24(19-7-3-5-9-22(19)28)16-10-12-17(13-11-16)26-25(30)20-14-15-23(29)27-20;/h2-6,8-13,20H,7,14-15H2,1H3,(H,26,30)(H,27,29);1H/t20-;/m0./s1. The number of para-hydroxylation sites is 1. The summed E-state index contributed by atoms with van der Waals surface area (Å²) in [4.78, 5) is 26.0. The zero-order chi connectivity index (χ0) is 20.7. The normalized spacial score (nSPS) is 19.1. The molecule has 158 valence electrons. The number of nitrogens with zero attached hydrogens (tertiary/aromatic N) is 1. The van der Waals surface area contributed by atoms with Crippen LogP contribution in [0.3, 0.4) is 0 Å². The van der Waals surface area contributed by atoms with Gasteiger partial charge in [-0.3, -0.25) is 9.59 Å². The Balaban J connectivity index is 0.00000231. The number of amides is 2. The lowest BCUT2D eigenvalue weighted by Gasteiger charge is -2.35. The largest absolute Gasteiger partial charge is 0.344 e. The van der Waals surface area contributed by atoms with Gasteiger partial charge in [-0.25, -0.2) is 0 Å². The molecule has 0 saturated carbocycles. The molecule has 2 heterocycles. The predicted molar refractivity (Wildman–Crippen MR) is 126 cm³/mol. The molecule has 0 radical (unpaired) electrons. The van der Waals surface area contributed by atoms with Crippen molar-refractivity contribution in [1.29, 1.82) is 0 Å². The van der Waals surface area contributed by atoms with Crippen LogP contribution in [0.25, 0.3) is 5.57 Å². The number of rotatable bonds is 3. The van der Waals surface area contributed by atoms with Crippen LogP contribution in [0.1, 0.15) is 30.4 Å². The molecule has 31 heavy (non-hydrogen) atoms. The molecule has 0 unspecified atom stereocenters. The van der Waals surface area contributed by atoms with Crippen molar-refractivity contribution in [3.63, 3.8) is 0 Å². The quantitative estimate of drug-likeness (QED) is 0.753. The molecule has 1 aliphatic carbocycles. The summed E-state index contributed by atoms with van der Waals surface area (Å²) in [5.74, 6) is -0.229. The summed E-state index contributed by atoms with van der Waals surface area (Å²) in [5, 5.41) is 5.62. The molecule has 6 heteroatoms. The molecule has 2 aromatic rings. The highest BCUT2D eigenvalue weighted by atomic mass is 35.5. The van der Waals surface area contributed by atoms with Gasteiger partial charge >= 0.3 is 0 Å². The van der Waals surface area contributed by atoms with Gasteiger partial charge in [0.25, 0.3) is 0 Å². The van der Waals surface area contributed by atoms with Crippen LogP contribution < -0.4 is 15.5 Å². The number of likely N-dealkylation sites (N-methyl/N-ethyl adjacent to an activating group) is 1. The van der Waals surface area contributed by atoms with Gasteiger partial charge in [-0.1, -0.05) is 42.5 Å². The van der Waals surface area contributed by atoms with Gasteiger partial charge in [0.15, 0.2) is 0 Å². The van der Waals surface area contributed by atoms with Crippen LogP contribution in [0.4, 0.5) is 11.4 Å². The van der Waals surface area contributed by atoms with E-state index in [-0.39, 0.29) is 24.2 Å². The van der Waals surface area contributed by atoms with Crippen LogP contribution in [0.2, 0.25) is 0 Å². The van der Waals surface area contributed by atoms with Crippen molar-refractivity contribution in [3.8, 4) is 0 Å². The summed E-state index contributed by atoms with van der Waals surface area (Å²) in [6, 6.07) is 16.0. The van der Waals surface area contributed by atoms with Gasteiger partial charge in [-0.15, -0.1) is 12.4 Å². The number of anilines is 2. The van der Waals surface area contributed by atoms with E-state index in [0.717, 1.165) is 17.7 Å². The van der Waals surface area contributed by atoms with Crippen molar-refractivity contribution < 1.29 is 9.59 Å². The van der Waals surface area contributed by atoms with E-state index in [0.29, 0.717) is 12.8 Å². The number of hydrogen-bond acceptors (Lipinski definition) is 3. The molecule has 2 amide bonds. The van der Waals surface area contributed by atoms with Gasteiger partial charge in [0.2, 0.25) is 11.8 Å². The van der Waals surface area contributed by atoms with E-state index >= 15 is 0 Å². The highest BCUT2D eigenvalue weighted by molar-refractivity contribution is 5.99. The van der Waals surface area contributed by atoms with Gasteiger partial charge in [-0.05, 0) is 53.8 Å². The van der Waals surface area contributed by atoms with E-state index in [4.69, 9.17) is 0 Å². The third kappa shape index (κ3) is 3.77. The average Bonchev–Trinajstić information content (AvgIpc) is 3.22. The second-order valence-electron chi connectivity index (χ2n) is 7.84. The summed E-state index contributed by atoms with van der Waals surface area (Å²) in [6.07, 6.45) is 8.31. The maximum absolute atomic E-state index is 12.4. The Kier molecular flexibility index (Phi) is 5.70. The molecular weight excluding hydrogens is 410 g/mol. The fourth-order valence-electron chi connectivity index (χ4n) is 4.45. The first-order valence-corrected chi connectivity index (χ1v) is 10.3. The highest BCUT2D eigenvalue weighted by Gasteiger charge is 2.28. The number of carbonyl (C=O) groups is 2. The molecule has 2 aromatic carbocycles. The average molecular weight is 434 g/mol. The van der Waals surface area contributed by atoms with Crippen molar-refractivity contribution in [1.82, 2.24) is 5.32 Å². The summed E-state index contributed by atoms with van der Waals surface area (Å²) >= 11 is 0. The van der Waals surface area contributed by atoms with Crippen molar-refractivity contribution in [2.45, 2.75) is 25.3 Å². The van der Waals surface area contributed by atoms with E-state index in [2.05, 4.69) is 77.2 Å². The van der Waals surface area contributed by atoms with E-state index in [1.165, 1.54) is 28.1 Å². The first-order valence-electron chi connectivity index (χ1n) is 10.3. The zero-order valence-corrected chi connectivity index (χ0v) is 18.0. The van der Waals surface area contributed by atoms with Gasteiger partial charge in [-0.2, -0.15) is 0 Å². The number of hydrogen-bond donors (Lipinski definition) is 2. The molecule has 1 atom stereocenters. The number of fused-ring (bicyclic) bond motifs is 2. The molecule has 0 bridgehead atoms. The van der Waals surface area contributed by atoms with Crippen LogP contribution in [-0.4, -0.2) is 24.9 Å². The van der Waals surface area contributed by atoms with Crippen LogP contribution in [0, 0.1) is 0 Å². The van der Waals surface area contributed by atoms with Crippen molar-refractivity contribution in [2.75, 3.05) is 17.3 Å². The minimum absolute atomic E-state index is 0. The van der Waals surface area contributed by atoms with Crippen LogP contribution in [0.15, 0.2) is 78.0 Å². The number of halogens is 1. The summed E-state index contributed by atoms with van der Waals surface area (Å²) < 4.78 is 0. The monoisotopic (exact) mass is 433 g/mol. The van der Waals surface area contributed by atoms with Gasteiger partial charge in [0, 0.05) is 36.1 Å². The lowest BCUT2D eigenvalue weighted by atomic mass is 9.84. The predicted octanol–water partition coefficient (Wildman–Crippen LogP) is 4.42. The Morgan fingerprint density at radius 3 is 2.65 bits per heavy atom. The third-order valence-electron chi connectivity index (χ3n) is 5.97. The van der Waals surface area contributed by atoms with Crippen LogP contribution in [0.5, 0.6) is 0 Å². The number of allylic oxidation sites excluding steroid dienone is 4. The third-order valence-corrected chi connectivity index (χ3v) is 5.97. The second-order valence-corrected chi connectivity index (χ2v) is 7.84. The van der Waals surface area contributed by atoms with Crippen molar-refractivity contribution >= 4 is 41.2 Å². The molecule has 2 aliphatic heterocycles.